The van der Waals surface area contributed by atoms with Gasteiger partial charge in [0.05, 0.1) is 11.4 Å². The molecule has 2 aromatic carbocycles. The molecule has 25 heavy (non-hydrogen) atoms. The van der Waals surface area contributed by atoms with Crippen LogP contribution in [0.5, 0.6) is 0 Å². The molecule has 4 aromatic rings. The summed E-state index contributed by atoms with van der Waals surface area (Å²) >= 11 is 0. The number of hydrogen-bond donors (Lipinski definition) is 1. The average Bonchev–Trinajstić information content (AvgIpc) is 3.08. The highest BCUT2D eigenvalue weighted by molar-refractivity contribution is 5.73. The molecule has 1 N–H and O–H groups in total. The van der Waals surface area contributed by atoms with E-state index < -0.39 is 0 Å². The third-order valence-corrected chi connectivity index (χ3v) is 3.83. The largest absolute Gasteiger partial charge is 0.355 e. The molecule has 0 spiro atoms. The summed E-state index contributed by atoms with van der Waals surface area (Å²) in [4.78, 5) is 17.7. The van der Waals surface area contributed by atoms with E-state index in [1.54, 1.807) is 4.68 Å². The van der Waals surface area contributed by atoms with E-state index in [1.807, 2.05) is 67.6 Å². The molecule has 0 bridgehead atoms. The summed E-state index contributed by atoms with van der Waals surface area (Å²) in [7, 11) is 0. The van der Waals surface area contributed by atoms with Crippen molar-refractivity contribution in [2.75, 3.05) is 11.9 Å². The topological polar surface area (TPSA) is 77.6 Å². The molecule has 0 radical (unpaired) electrons. The quantitative estimate of drug-likeness (QED) is 0.621. The fourth-order valence-corrected chi connectivity index (χ4v) is 2.70. The Morgan fingerprint density at radius 3 is 2.24 bits per heavy atom. The van der Waals surface area contributed by atoms with Crippen molar-refractivity contribution in [3.8, 4) is 11.4 Å². The Balaban J connectivity index is 2.01. The monoisotopic (exact) mass is 332 g/mol. The zero-order chi connectivity index (χ0) is 17.2. The van der Waals surface area contributed by atoms with Crippen LogP contribution in [0, 0.1) is 0 Å². The third-order valence-electron chi connectivity index (χ3n) is 3.83. The Morgan fingerprint density at radius 2 is 1.60 bits per heavy atom. The predicted octanol–water partition coefficient (Wildman–Crippen LogP) is 2.40. The van der Waals surface area contributed by atoms with Crippen LogP contribution < -0.4 is 10.9 Å². The molecule has 0 amide bonds. The molecule has 0 atom stereocenters. The van der Waals surface area contributed by atoms with Gasteiger partial charge >= 0.3 is 0 Å². The molecule has 7 nitrogen and oxygen atoms in total. The standard InChI is InChI=1S/C18H16N6O/c1-2-19-18-20-16-15(17(25)23(18)13-9-5-3-6-10-13)21-22-24(16)14-11-7-4-8-12-14/h3-12H,2H2,1H3,(H,19,20). The second-order valence-corrected chi connectivity index (χ2v) is 5.45. The average molecular weight is 332 g/mol. The van der Waals surface area contributed by atoms with Crippen molar-refractivity contribution in [3.05, 3.63) is 71.0 Å². The molecule has 0 saturated heterocycles. The van der Waals surface area contributed by atoms with Gasteiger partial charge < -0.3 is 5.32 Å². The summed E-state index contributed by atoms with van der Waals surface area (Å²) in [5.74, 6) is 0.464. The van der Waals surface area contributed by atoms with E-state index in [9.17, 15) is 4.79 Å². The zero-order valence-corrected chi connectivity index (χ0v) is 13.6. The maximum atomic E-state index is 13.0. The van der Waals surface area contributed by atoms with E-state index in [0.717, 1.165) is 11.4 Å². The van der Waals surface area contributed by atoms with Crippen molar-refractivity contribution >= 4 is 17.1 Å². The van der Waals surface area contributed by atoms with Crippen LogP contribution >= 0.6 is 0 Å². The number of aromatic nitrogens is 5. The van der Waals surface area contributed by atoms with Crippen molar-refractivity contribution in [3.63, 3.8) is 0 Å². The van der Waals surface area contributed by atoms with Crippen LogP contribution in [0.25, 0.3) is 22.5 Å². The number of fused-ring (bicyclic) bond motifs is 1. The van der Waals surface area contributed by atoms with Crippen molar-refractivity contribution < 1.29 is 0 Å². The molecule has 2 aromatic heterocycles. The SMILES string of the molecule is CCNc1nc2c(nnn2-c2ccccc2)c(=O)n1-c1ccccc1. The lowest BCUT2D eigenvalue weighted by Crippen LogP contribution is -2.24. The Bertz CT molecular complexity index is 1070. The summed E-state index contributed by atoms with van der Waals surface area (Å²) < 4.78 is 3.10. The fourth-order valence-electron chi connectivity index (χ4n) is 2.70. The normalized spacial score (nSPS) is 10.9. The summed E-state index contributed by atoms with van der Waals surface area (Å²) in [6.07, 6.45) is 0. The summed E-state index contributed by atoms with van der Waals surface area (Å²) in [5.41, 5.74) is 1.94. The van der Waals surface area contributed by atoms with E-state index in [4.69, 9.17) is 0 Å². The van der Waals surface area contributed by atoms with Crippen molar-refractivity contribution in [2.24, 2.45) is 0 Å². The number of para-hydroxylation sites is 2. The second-order valence-electron chi connectivity index (χ2n) is 5.45. The number of nitrogens with one attached hydrogen (secondary N) is 1. The van der Waals surface area contributed by atoms with E-state index in [-0.39, 0.29) is 11.1 Å². The minimum Gasteiger partial charge on any atom is -0.355 e. The van der Waals surface area contributed by atoms with Crippen LogP contribution in [0.3, 0.4) is 0 Å². The summed E-state index contributed by atoms with van der Waals surface area (Å²) in [5, 5.41) is 11.4. The fraction of sp³-hybridized carbons (Fsp3) is 0.111. The van der Waals surface area contributed by atoms with Crippen LogP contribution in [0.1, 0.15) is 6.92 Å². The molecule has 0 aliphatic carbocycles. The van der Waals surface area contributed by atoms with E-state index in [2.05, 4.69) is 20.6 Å². The minimum atomic E-state index is -0.255. The molecule has 4 rings (SSSR count). The van der Waals surface area contributed by atoms with Crippen molar-refractivity contribution in [2.45, 2.75) is 6.92 Å². The first-order valence-electron chi connectivity index (χ1n) is 8.03. The lowest BCUT2D eigenvalue weighted by Gasteiger charge is -2.12. The van der Waals surface area contributed by atoms with Gasteiger partial charge in [-0.15, -0.1) is 5.10 Å². The highest BCUT2D eigenvalue weighted by Crippen LogP contribution is 2.17. The number of nitrogens with zero attached hydrogens (tertiary/aromatic N) is 5. The maximum absolute atomic E-state index is 13.0. The molecule has 0 unspecified atom stereocenters. The van der Waals surface area contributed by atoms with Crippen LogP contribution in [0.15, 0.2) is 65.5 Å². The lowest BCUT2D eigenvalue weighted by molar-refractivity contribution is 0.817. The number of hydrogen-bond acceptors (Lipinski definition) is 5. The first kappa shape index (κ1) is 15.1. The predicted molar refractivity (Wildman–Crippen MR) is 96.4 cm³/mol. The molecule has 0 saturated carbocycles. The third kappa shape index (κ3) is 2.55. The molecule has 0 aliphatic rings. The van der Waals surface area contributed by atoms with Gasteiger partial charge in [0.25, 0.3) is 5.56 Å². The Hall–Kier alpha value is -3.48. The highest BCUT2D eigenvalue weighted by Gasteiger charge is 2.18. The van der Waals surface area contributed by atoms with E-state index in [0.29, 0.717) is 18.1 Å². The van der Waals surface area contributed by atoms with Crippen LogP contribution in [0.2, 0.25) is 0 Å². The van der Waals surface area contributed by atoms with Gasteiger partial charge in [-0.3, -0.25) is 4.79 Å². The number of anilines is 1. The Kier molecular flexibility index (Phi) is 3.74. The first-order valence-corrected chi connectivity index (χ1v) is 8.03. The number of rotatable bonds is 4. The van der Waals surface area contributed by atoms with Crippen molar-refractivity contribution in [1.82, 2.24) is 24.5 Å². The molecule has 124 valence electrons. The molecule has 0 fully saturated rings. The van der Waals surface area contributed by atoms with Crippen LogP contribution in [-0.2, 0) is 0 Å². The smallest absolute Gasteiger partial charge is 0.289 e. The second kappa shape index (κ2) is 6.20. The van der Waals surface area contributed by atoms with Gasteiger partial charge in [0.1, 0.15) is 0 Å². The van der Waals surface area contributed by atoms with Crippen LogP contribution in [-0.4, -0.2) is 31.1 Å². The van der Waals surface area contributed by atoms with Gasteiger partial charge in [-0.2, -0.15) is 9.67 Å². The number of benzene rings is 2. The van der Waals surface area contributed by atoms with Gasteiger partial charge in [0, 0.05) is 6.54 Å². The summed E-state index contributed by atoms with van der Waals surface area (Å²) in [6.45, 7) is 2.59. The van der Waals surface area contributed by atoms with E-state index in [1.165, 1.54) is 4.57 Å². The first-order chi connectivity index (χ1) is 12.3. The summed E-state index contributed by atoms with van der Waals surface area (Å²) in [6, 6.07) is 18.9. The van der Waals surface area contributed by atoms with Crippen molar-refractivity contribution in [1.29, 1.82) is 0 Å². The van der Waals surface area contributed by atoms with Gasteiger partial charge in [-0.1, -0.05) is 41.6 Å². The van der Waals surface area contributed by atoms with Gasteiger partial charge in [-0.05, 0) is 31.2 Å². The highest BCUT2D eigenvalue weighted by atomic mass is 16.1. The van der Waals surface area contributed by atoms with Gasteiger partial charge in [0.15, 0.2) is 11.2 Å². The van der Waals surface area contributed by atoms with Crippen LogP contribution in [0.4, 0.5) is 5.95 Å². The lowest BCUT2D eigenvalue weighted by atomic mass is 10.3. The van der Waals surface area contributed by atoms with Gasteiger partial charge in [-0.25, -0.2) is 4.57 Å². The molecule has 2 heterocycles. The maximum Gasteiger partial charge on any atom is 0.289 e. The molecule has 7 heteroatoms. The minimum absolute atomic E-state index is 0.231. The Morgan fingerprint density at radius 1 is 0.960 bits per heavy atom. The molecular formula is C18H16N6O. The Labute approximate surface area is 143 Å². The molecule has 0 aliphatic heterocycles. The van der Waals surface area contributed by atoms with E-state index >= 15 is 0 Å². The zero-order valence-electron chi connectivity index (χ0n) is 13.6. The molecular weight excluding hydrogens is 316 g/mol. The van der Waals surface area contributed by atoms with Gasteiger partial charge in [0.2, 0.25) is 5.95 Å².